The third-order valence-corrected chi connectivity index (χ3v) is 4.86. The van der Waals surface area contributed by atoms with Gasteiger partial charge in [0.25, 0.3) is 0 Å². The summed E-state index contributed by atoms with van der Waals surface area (Å²) in [6, 6.07) is 0.314. The first-order valence-corrected chi connectivity index (χ1v) is 8.22. The molecule has 0 spiro atoms. The number of piperazine rings is 1. The predicted molar refractivity (Wildman–Crippen MR) is 86.0 cm³/mol. The standard InChI is InChI=1S/C13H23N3O3S.ClH/c1-19-13(18)9-15-3-5-16(6-4-15)12(17)8-11-10-20-7-2-14-11;/h11,14H,2-10H2,1H3;1H. The molecule has 21 heavy (non-hydrogen) atoms. The van der Waals surface area contributed by atoms with E-state index in [1.807, 2.05) is 21.6 Å². The fourth-order valence-electron chi connectivity index (χ4n) is 2.49. The first-order valence-electron chi connectivity index (χ1n) is 7.07. The van der Waals surface area contributed by atoms with Crippen LogP contribution in [0.5, 0.6) is 0 Å². The molecule has 2 aliphatic heterocycles. The van der Waals surface area contributed by atoms with Gasteiger partial charge in [0.1, 0.15) is 0 Å². The second kappa shape index (κ2) is 9.50. The van der Waals surface area contributed by atoms with Gasteiger partial charge in [-0.05, 0) is 0 Å². The Morgan fingerprint density at radius 1 is 1.29 bits per heavy atom. The minimum atomic E-state index is -0.215. The monoisotopic (exact) mass is 337 g/mol. The lowest BCUT2D eigenvalue weighted by Gasteiger charge is -2.35. The van der Waals surface area contributed by atoms with Crippen LogP contribution in [-0.2, 0) is 14.3 Å². The molecule has 0 radical (unpaired) electrons. The summed E-state index contributed by atoms with van der Waals surface area (Å²) in [5.41, 5.74) is 0. The number of nitrogens with one attached hydrogen (secondary N) is 1. The Morgan fingerprint density at radius 3 is 2.57 bits per heavy atom. The maximum Gasteiger partial charge on any atom is 0.319 e. The summed E-state index contributed by atoms with van der Waals surface area (Å²) in [6.45, 7) is 4.21. The summed E-state index contributed by atoms with van der Waals surface area (Å²) in [4.78, 5) is 27.4. The Labute approximate surface area is 136 Å². The molecule has 8 heteroatoms. The van der Waals surface area contributed by atoms with Crippen LogP contribution >= 0.6 is 24.2 Å². The summed E-state index contributed by atoms with van der Waals surface area (Å²) in [5, 5.41) is 3.39. The average Bonchev–Trinajstić information content (AvgIpc) is 2.49. The van der Waals surface area contributed by atoms with Crippen molar-refractivity contribution in [2.75, 3.05) is 57.9 Å². The van der Waals surface area contributed by atoms with E-state index in [9.17, 15) is 9.59 Å². The predicted octanol–water partition coefficient (Wildman–Crippen LogP) is -0.179. The fourth-order valence-corrected chi connectivity index (χ4v) is 3.44. The Bertz CT molecular complexity index is 346. The largest absolute Gasteiger partial charge is 0.468 e. The molecule has 2 aliphatic rings. The zero-order valence-electron chi connectivity index (χ0n) is 12.4. The lowest BCUT2D eigenvalue weighted by molar-refractivity contribution is -0.142. The van der Waals surface area contributed by atoms with E-state index >= 15 is 0 Å². The van der Waals surface area contributed by atoms with Crippen LogP contribution in [0.1, 0.15) is 6.42 Å². The summed E-state index contributed by atoms with van der Waals surface area (Å²) < 4.78 is 4.66. The second-order valence-corrected chi connectivity index (χ2v) is 6.31. The second-order valence-electron chi connectivity index (χ2n) is 5.16. The Hall–Kier alpha value is -0.500. The third kappa shape index (κ3) is 6.02. The highest BCUT2D eigenvalue weighted by Crippen LogP contribution is 2.12. The number of thioether (sulfide) groups is 1. The van der Waals surface area contributed by atoms with Gasteiger partial charge in [-0.2, -0.15) is 11.8 Å². The van der Waals surface area contributed by atoms with Crippen molar-refractivity contribution in [1.82, 2.24) is 15.1 Å². The van der Waals surface area contributed by atoms with Crippen LogP contribution in [0.3, 0.4) is 0 Å². The van der Waals surface area contributed by atoms with Gasteiger partial charge in [0.15, 0.2) is 0 Å². The SMILES string of the molecule is COC(=O)CN1CCN(C(=O)CC2CSCCN2)CC1.Cl. The molecular formula is C13H24ClN3O3S. The zero-order valence-corrected chi connectivity index (χ0v) is 14.0. The lowest BCUT2D eigenvalue weighted by Crippen LogP contribution is -2.51. The van der Waals surface area contributed by atoms with Crippen LogP contribution < -0.4 is 5.32 Å². The minimum absolute atomic E-state index is 0. The zero-order chi connectivity index (χ0) is 14.4. The molecule has 122 valence electrons. The summed E-state index contributed by atoms with van der Waals surface area (Å²) in [5.74, 6) is 2.17. The summed E-state index contributed by atoms with van der Waals surface area (Å²) in [6.07, 6.45) is 0.587. The number of rotatable bonds is 4. The van der Waals surface area contributed by atoms with Gasteiger partial charge in [-0.15, -0.1) is 12.4 Å². The number of amides is 1. The number of halogens is 1. The normalized spacial score (nSPS) is 23.3. The molecule has 1 atom stereocenters. The highest BCUT2D eigenvalue weighted by atomic mass is 35.5. The maximum absolute atomic E-state index is 12.2. The van der Waals surface area contributed by atoms with Gasteiger partial charge in [0.2, 0.25) is 5.91 Å². The smallest absolute Gasteiger partial charge is 0.319 e. The van der Waals surface area contributed by atoms with Crippen molar-refractivity contribution in [1.29, 1.82) is 0 Å². The molecule has 2 fully saturated rings. The van der Waals surface area contributed by atoms with E-state index in [1.165, 1.54) is 7.11 Å². The Kier molecular flexibility index (Phi) is 8.39. The van der Waals surface area contributed by atoms with E-state index in [4.69, 9.17) is 0 Å². The molecule has 1 N–H and O–H groups in total. The Morgan fingerprint density at radius 2 is 2.00 bits per heavy atom. The first kappa shape index (κ1) is 18.5. The van der Waals surface area contributed by atoms with Crippen LogP contribution in [0.15, 0.2) is 0 Å². The van der Waals surface area contributed by atoms with E-state index in [1.54, 1.807) is 0 Å². The molecule has 0 aromatic heterocycles. The van der Waals surface area contributed by atoms with Gasteiger partial charge in [-0.1, -0.05) is 0 Å². The molecular weight excluding hydrogens is 314 g/mol. The number of carbonyl (C=O) groups is 2. The highest BCUT2D eigenvalue weighted by Gasteiger charge is 2.25. The number of nitrogens with zero attached hydrogens (tertiary/aromatic N) is 2. The maximum atomic E-state index is 12.2. The van der Waals surface area contributed by atoms with Crippen LogP contribution in [0, 0.1) is 0 Å². The van der Waals surface area contributed by atoms with E-state index in [-0.39, 0.29) is 24.3 Å². The number of esters is 1. The van der Waals surface area contributed by atoms with Crippen LogP contribution in [0.25, 0.3) is 0 Å². The minimum Gasteiger partial charge on any atom is -0.468 e. The Balaban J connectivity index is 0.00000220. The quantitative estimate of drug-likeness (QED) is 0.718. The molecule has 1 amide bonds. The topological polar surface area (TPSA) is 61.9 Å². The highest BCUT2D eigenvalue weighted by molar-refractivity contribution is 7.99. The van der Waals surface area contributed by atoms with Crippen molar-refractivity contribution < 1.29 is 14.3 Å². The number of ether oxygens (including phenoxy) is 1. The van der Waals surface area contributed by atoms with E-state index in [2.05, 4.69) is 10.1 Å². The summed E-state index contributed by atoms with van der Waals surface area (Å²) in [7, 11) is 1.40. The molecule has 2 rings (SSSR count). The van der Waals surface area contributed by atoms with Crippen molar-refractivity contribution in [3.05, 3.63) is 0 Å². The van der Waals surface area contributed by atoms with Crippen LogP contribution in [0.4, 0.5) is 0 Å². The van der Waals surface area contributed by atoms with Gasteiger partial charge in [0.05, 0.1) is 13.7 Å². The van der Waals surface area contributed by atoms with Crippen molar-refractivity contribution in [3.8, 4) is 0 Å². The number of hydrogen-bond donors (Lipinski definition) is 1. The van der Waals surface area contributed by atoms with E-state index in [0.717, 1.165) is 31.1 Å². The van der Waals surface area contributed by atoms with Crippen LogP contribution in [-0.4, -0.2) is 85.6 Å². The van der Waals surface area contributed by atoms with Crippen LogP contribution in [0.2, 0.25) is 0 Å². The van der Waals surface area contributed by atoms with Gasteiger partial charge in [0, 0.05) is 56.7 Å². The van der Waals surface area contributed by atoms with Crippen molar-refractivity contribution in [2.24, 2.45) is 0 Å². The molecule has 0 bridgehead atoms. The third-order valence-electron chi connectivity index (χ3n) is 3.72. The van der Waals surface area contributed by atoms with Crippen molar-refractivity contribution in [3.63, 3.8) is 0 Å². The lowest BCUT2D eigenvalue weighted by atomic mass is 10.2. The number of methoxy groups -OCH3 is 1. The molecule has 1 unspecified atom stereocenters. The van der Waals surface area contributed by atoms with Gasteiger partial charge in [-0.3, -0.25) is 14.5 Å². The number of carbonyl (C=O) groups excluding carboxylic acids is 2. The van der Waals surface area contributed by atoms with Crippen molar-refractivity contribution in [2.45, 2.75) is 12.5 Å². The molecule has 6 nitrogen and oxygen atoms in total. The molecule has 0 aromatic rings. The molecule has 2 saturated heterocycles. The fraction of sp³-hybridized carbons (Fsp3) is 0.846. The van der Waals surface area contributed by atoms with Gasteiger partial charge in [-0.25, -0.2) is 0 Å². The van der Waals surface area contributed by atoms with Gasteiger partial charge < -0.3 is 15.0 Å². The average molecular weight is 338 g/mol. The number of hydrogen-bond acceptors (Lipinski definition) is 6. The first-order chi connectivity index (χ1) is 9.69. The molecule has 0 aliphatic carbocycles. The van der Waals surface area contributed by atoms with E-state index in [0.29, 0.717) is 32.1 Å². The van der Waals surface area contributed by atoms with Crippen molar-refractivity contribution >= 4 is 36.0 Å². The molecule has 0 saturated carbocycles. The summed E-state index contributed by atoms with van der Waals surface area (Å²) >= 11 is 1.91. The molecule has 2 heterocycles. The van der Waals surface area contributed by atoms with E-state index < -0.39 is 0 Å². The van der Waals surface area contributed by atoms with Gasteiger partial charge >= 0.3 is 5.97 Å². The molecule has 0 aromatic carbocycles.